The highest BCUT2D eigenvalue weighted by Gasteiger charge is 2.34. The number of rotatable bonds is 5. The first-order valence-electron chi connectivity index (χ1n) is 16.3. The number of halogens is 15. The van der Waals surface area contributed by atoms with Crippen molar-refractivity contribution in [3.63, 3.8) is 0 Å². The van der Waals surface area contributed by atoms with Gasteiger partial charge in [0.1, 0.15) is 0 Å². The molecule has 21 heteroatoms. The highest BCUT2D eigenvalue weighted by Crippen LogP contribution is 2.43. The predicted molar refractivity (Wildman–Crippen MR) is 181 cm³/mol. The molecule has 8 bridgehead atoms. The molecule has 304 valence electrons. The summed E-state index contributed by atoms with van der Waals surface area (Å²) in [4.78, 5) is 36.2. The van der Waals surface area contributed by atoms with Crippen LogP contribution in [0.5, 0.6) is 0 Å². The molecule has 1 aliphatic heterocycles. The lowest BCUT2D eigenvalue weighted by Gasteiger charge is -2.11. The molecule has 0 radical (unpaired) electrons. The van der Waals surface area contributed by atoms with Crippen LogP contribution in [0.1, 0.15) is 21.7 Å². The average Bonchev–Trinajstić information content (AvgIpc) is 4.07. The number of nitrogens with zero attached hydrogens (tertiary/aromatic N) is 1. The summed E-state index contributed by atoms with van der Waals surface area (Å²) in [5.41, 5.74) is -16.0. The van der Waals surface area contributed by atoms with Crippen LogP contribution in [0.3, 0.4) is 0 Å². The van der Waals surface area contributed by atoms with E-state index in [0.717, 1.165) is 36.4 Å². The van der Waals surface area contributed by atoms with E-state index in [-0.39, 0.29) is 12.6 Å². The molecule has 0 unspecified atom stereocenters. The standard InChI is InChI=1S/C39H11F15N4O2/c40-23-20(24(41)30(47)35(52)29(23)46)17-11-1-3-13(55-11)18(21-25(42)31(48)36(53)32(49)26(21)43)38-9(7-59)5-15(57-38)16-6-10(8-60)39(58-16)19(14-4-2-12(17)56-14)22-27(44)33(50)37(54)34(51)28(22)45/h1-8,55-57H. The van der Waals surface area contributed by atoms with Crippen LogP contribution in [-0.2, 0) is 4.79 Å². The summed E-state index contributed by atoms with van der Waals surface area (Å²) in [6.45, 7) is 0. The molecule has 0 saturated heterocycles. The van der Waals surface area contributed by atoms with Gasteiger partial charge in [0.2, 0.25) is 17.5 Å². The third-order valence-corrected chi connectivity index (χ3v) is 9.49. The Morgan fingerprint density at radius 2 is 0.733 bits per heavy atom. The second kappa shape index (κ2) is 13.9. The van der Waals surface area contributed by atoms with Gasteiger partial charge in [-0.3, -0.25) is 9.59 Å². The third kappa shape index (κ3) is 5.51. The van der Waals surface area contributed by atoms with Crippen LogP contribution in [0.2, 0.25) is 0 Å². The van der Waals surface area contributed by atoms with Crippen molar-refractivity contribution in [2.24, 2.45) is 0 Å². The Hall–Kier alpha value is -7.32. The first-order valence-corrected chi connectivity index (χ1v) is 16.3. The minimum atomic E-state index is -2.65. The molecule has 1 aliphatic rings. The van der Waals surface area contributed by atoms with Crippen molar-refractivity contribution in [1.82, 2.24) is 19.9 Å². The van der Waals surface area contributed by atoms with E-state index in [9.17, 15) is 49.1 Å². The Bertz CT molecular complexity index is 3190. The second-order valence-electron chi connectivity index (χ2n) is 12.7. The maximum Gasteiger partial charge on any atom is 0.200 e. The maximum absolute atomic E-state index is 15.7. The molecule has 0 atom stereocenters. The number of aromatic nitrogens is 4. The molecule has 8 rings (SSSR count). The van der Waals surface area contributed by atoms with E-state index in [0.29, 0.717) is 0 Å². The normalized spacial score (nSPS) is 12.2. The van der Waals surface area contributed by atoms with Gasteiger partial charge in [-0.2, -0.15) is 0 Å². The molecule has 7 aromatic rings. The number of benzene rings is 3. The van der Waals surface area contributed by atoms with Crippen LogP contribution in [0.4, 0.5) is 65.9 Å². The van der Waals surface area contributed by atoms with Crippen molar-refractivity contribution < 1.29 is 75.4 Å². The number of allylic oxidation sites excluding steroid dienone is 1. The van der Waals surface area contributed by atoms with Gasteiger partial charge in [0.15, 0.2) is 82.4 Å². The SMILES string of the molecule is O=CC1=Cc2nc1c(-c1c(F)c(F)c(F)c(F)c1F)c1ccc([nH]1)c(-c1c(F)c(F)c(F)c(F)c1F)c1ccc([nH]1)c(-c1c(F)c(F)c(F)c(F)c1F)c1[nH]c2cc1C=O. The zero-order valence-electron chi connectivity index (χ0n) is 28.6. The van der Waals surface area contributed by atoms with Gasteiger partial charge in [-0.05, 0) is 36.4 Å². The molecular weight excluding hydrogens is 841 g/mol. The summed E-state index contributed by atoms with van der Waals surface area (Å²) in [6.07, 6.45) is 0.761. The number of hydrogen-bond acceptors (Lipinski definition) is 3. The first-order chi connectivity index (χ1) is 28.4. The van der Waals surface area contributed by atoms with Crippen LogP contribution >= 0.6 is 0 Å². The van der Waals surface area contributed by atoms with Crippen LogP contribution in [0.15, 0.2) is 30.3 Å². The zero-order valence-corrected chi connectivity index (χ0v) is 28.6. The quantitative estimate of drug-likeness (QED) is 0.0697. The molecule has 5 heterocycles. The Labute approximate surface area is 320 Å². The topological polar surface area (TPSA) is 94.4 Å². The van der Waals surface area contributed by atoms with E-state index in [1.165, 1.54) is 0 Å². The van der Waals surface area contributed by atoms with Crippen molar-refractivity contribution >= 4 is 57.3 Å². The molecule has 0 saturated carbocycles. The minimum Gasteiger partial charge on any atom is -0.354 e. The minimum absolute atomic E-state index is 0.0165. The smallest absolute Gasteiger partial charge is 0.200 e. The van der Waals surface area contributed by atoms with E-state index in [1.807, 2.05) is 0 Å². The van der Waals surface area contributed by atoms with Crippen LogP contribution in [-0.4, -0.2) is 32.5 Å². The van der Waals surface area contributed by atoms with Gasteiger partial charge >= 0.3 is 0 Å². The molecule has 4 aromatic heterocycles. The van der Waals surface area contributed by atoms with Gasteiger partial charge in [-0.15, -0.1) is 0 Å². The summed E-state index contributed by atoms with van der Waals surface area (Å²) in [7, 11) is 0. The number of aldehydes is 2. The van der Waals surface area contributed by atoms with Gasteiger partial charge < -0.3 is 15.0 Å². The van der Waals surface area contributed by atoms with Crippen molar-refractivity contribution in [2.45, 2.75) is 0 Å². The van der Waals surface area contributed by atoms with Crippen molar-refractivity contribution in [1.29, 1.82) is 0 Å². The van der Waals surface area contributed by atoms with E-state index < -0.39 is 176 Å². The number of nitrogens with one attached hydrogen (secondary N) is 3. The zero-order chi connectivity index (χ0) is 43.4. The summed E-state index contributed by atoms with van der Waals surface area (Å²) >= 11 is 0. The fraction of sp³-hybridized carbons (Fsp3) is 0. The number of fused-ring (bicyclic) bond motifs is 9. The molecule has 6 nitrogen and oxygen atoms in total. The number of carbonyl (C=O) groups is 2. The fourth-order valence-corrected chi connectivity index (χ4v) is 6.81. The lowest BCUT2D eigenvalue weighted by Crippen LogP contribution is -2.06. The van der Waals surface area contributed by atoms with Gasteiger partial charge in [-0.1, -0.05) is 0 Å². The lowest BCUT2D eigenvalue weighted by atomic mass is 9.98. The highest BCUT2D eigenvalue weighted by atomic mass is 19.2. The largest absolute Gasteiger partial charge is 0.354 e. The van der Waals surface area contributed by atoms with Gasteiger partial charge in [0.25, 0.3) is 0 Å². The molecule has 3 N–H and O–H groups in total. The third-order valence-electron chi connectivity index (χ3n) is 9.49. The van der Waals surface area contributed by atoms with Crippen LogP contribution in [0, 0.1) is 87.3 Å². The van der Waals surface area contributed by atoms with Gasteiger partial charge in [-0.25, -0.2) is 70.8 Å². The summed E-state index contributed by atoms with van der Waals surface area (Å²) in [5.74, 6) is -38.1. The van der Waals surface area contributed by atoms with Crippen molar-refractivity contribution in [3.05, 3.63) is 135 Å². The monoisotopic (exact) mass is 852 g/mol. The summed E-state index contributed by atoms with van der Waals surface area (Å²) < 4.78 is 225. The maximum atomic E-state index is 15.7. The number of H-pyrrole nitrogens is 3. The summed E-state index contributed by atoms with van der Waals surface area (Å²) in [5, 5.41) is 0. The average molecular weight is 853 g/mol. The van der Waals surface area contributed by atoms with Gasteiger partial charge in [0.05, 0.1) is 39.1 Å². The highest BCUT2D eigenvalue weighted by molar-refractivity contribution is 6.18. The van der Waals surface area contributed by atoms with Crippen molar-refractivity contribution in [2.75, 3.05) is 0 Å². The van der Waals surface area contributed by atoms with Gasteiger partial charge in [0, 0.05) is 49.9 Å². The lowest BCUT2D eigenvalue weighted by molar-refractivity contribution is -0.103. The number of carbonyl (C=O) groups excluding carboxylic acids is 2. The first kappa shape index (κ1) is 39.5. The molecule has 0 amide bonds. The molecule has 0 spiro atoms. The molecule has 60 heavy (non-hydrogen) atoms. The molecular formula is C39H11F15N4O2. The van der Waals surface area contributed by atoms with Crippen LogP contribution in [0.25, 0.3) is 78.1 Å². The molecule has 0 fully saturated rings. The molecule has 3 aromatic carbocycles. The molecule has 0 aliphatic carbocycles. The number of aromatic amines is 3. The van der Waals surface area contributed by atoms with E-state index in [4.69, 9.17) is 0 Å². The Balaban J connectivity index is 1.71. The van der Waals surface area contributed by atoms with Crippen LogP contribution < -0.4 is 0 Å². The Morgan fingerprint density at radius 3 is 1.13 bits per heavy atom. The van der Waals surface area contributed by atoms with E-state index in [2.05, 4.69) is 19.9 Å². The fourth-order valence-electron chi connectivity index (χ4n) is 6.81. The second-order valence-corrected chi connectivity index (χ2v) is 12.7. The van der Waals surface area contributed by atoms with E-state index >= 15 is 26.3 Å². The number of hydrogen-bond donors (Lipinski definition) is 3. The Morgan fingerprint density at radius 1 is 0.383 bits per heavy atom. The predicted octanol–water partition coefficient (Wildman–Crippen LogP) is 11.2. The van der Waals surface area contributed by atoms with E-state index in [1.54, 1.807) is 0 Å². The Kier molecular flexibility index (Phi) is 9.16. The van der Waals surface area contributed by atoms with Crippen molar-refractivity contribution in [3.8, 4) is 33.4 Å². The summed E-state index contributed by atoms with van der Waals surface area (Å²) in [6, 6.07) is 3.82.